The molecule has 204 valence electrons. The number of nitrogens with two attached hydrogens (primary N) is 3. The number of non-ortho nitro benzene ring substituents is 1. The van der Waals surface area contributed by atoms with E-state index >= 15 is 0 Å². The van der Waals surface area contributed by atoms with Gasteiger partial charge >= 0.3 is 11.9 Å². The van der Waals surface area contributed by atoms with Gasteiger partial charge in [-0.1, -0.05) is 43.9 Å². The molecule has 0 amide bonds. The number of nitro groups is 1. The largest absolute Gasteiger partial charge is 0.480 e. The van der Waals surface area contributed by atoms with Gasteiger partial charge in [0.25, 0.3) is 5.69 Å². The normalized spacial score (nSPS) is 13.2. The Balaban J connectivity index is 0.000000472. The molecule has 2 aromatic rings. The van der Waals surface area contributed by atoms with Crippen molar-refractivity contribution >= 4 is 23.9 Å². The van der Waals surface area contributed by atoms with Crippen LogP contribution in [-0.4, -0.2) is 52.0 Å². The molecule has 1 atom stereocenters. The lowest BCUT2D eigenvalue weighted by molar-refractivity contribution is -0.384. The Morgan fingerprint density at radius 2 is 1.57 bits per heavy atom. The van der Waals surface area contributed by atoms with Crippen LogP contribution in [-0.2, 0) is 4.79 Å². The topological polar surface area (TPSA) is 213 Å². The first-order valence-corrected chi connectivity index (χ1v) is 12.0. The van der Waals surface area contributed by atoms with E-state index in [2.05, 4.69) is 0 Å². The first-order valence-electron chi connectivity index (χ1n) is 12.0. The molecular weight excluding hydrogens is 480 g/mol. The number of unbranched alkanes of at least 4 members (excludes halogenated alkanes) is 1. The monoisotopic (exact) mass is 518 g/mol. The maximum atomic E-state index is 10.2. The summed E-state index contributed by atoms with van der Waals surface area (Å²) in [7, 11) is 0. The van der Waals surface area contributed by atoms with Gasteiger partial charge in [-0.3, -0.25) is 19.7 Å². The standard InChI is InChI=1S/C7H5NO3.C7H6O2.C6H14N2O2.C6H13N/c9-5-6-1-3-7(4-2-6)8(10)11;8-7(9)6-4-2-1-3-5-6;7-4-2-1-3-5(8)6(9)10;7-6-4-2-1-3-5-6/h1-5H;1-5H,(H,8,9);5H,1-4,7-8H2,(H,9,10);6H,1-5,7H2/t;;5-;/m..0./s1. The number of carboxylic acid groups (broad SMARTS) is 2. The molecule has 0 saturated heterocycles. The first-order chi connectivity index (χ1) is 17.6. The second-order valence-electron chi connectivity index (χ2n) is 8.26. The van der Waals surface area contributed by atoms with Crippen molar-refractivity contribution in [2.45, 2.75) is 63.5 Å². The summed E-state index contributed by atoms with van der Waals surface area (Å²) in [5.41, 5.74) is 16.8. The molecule has 1 aliphatic carbocycles. The SMILES string of the molecule is NC1CCCCC1.NCCCC[C@H](N)C(=O)O.O=C(O)c1ccccc1.O=Cc1ccc([N+](=O)[O-])cc1. The lowest BCUT2D eigenvalue weighted by atomic mass is 9.97. The van der Waals surface area contributed by atoms with Gasteiger partial charge in [0.2, 0.25) is 0 Å². The predicted octanol–water partition coefficient (Wildman–Crippen LogP) is 3.60. The van der Waals surface area contributed by atoms with Crippen molar-refractivity contribution in [1.29, 1.82) is 0 Å². The smallest absolute Gasteiger partial charge is 0.335 e. The highest BCUT2D eigenvalue weighted by atomic mass is 16.6. The molecule has 1 aliphatic rings. The molecule has 1 fully saturated rings. The number of nitrogens with zero attached hydrogens (tertiary/aromatic N) is 1. The fourth-order valence-electron chi connectivity index (χ4n) is 3.02. The lowest BCUT2D eigenvalue weighted by Crippen LogP contribution is -2.29. The predicted molar refractivity (Wildman–Crippen MR) is 141 cm³/mol. The maximum Gasteiger partial charge on any atom is 0.335 e. The fourth-order valence-corrected chi connectivity index (χ4v) is 3.02. The number of carbonyl (C=O) groups excluding carboxylic acids is 1. The van der Waals surface area contributed by atoms with Crippen LogP contribution in [0.1, 0.15) is 72.1 Å². The third-order valence-electron chi connectivity index (χ3n) is 5.20. The average Bonchev–Trinajstić information content (AvgIpc) is 2.91. The zero-order valence-corrected chi connectivity index (χ0v) is 20.9. The van der Waals surface area contributed by atoms with Crippen LogP contribution < -0.4 is 17.2 Å². The molecule has 0 aliphatic heterocycles. The van der Waals surface area contributed by atoms with Crippen LogP contribution >= 0.6 is 0 Å². The van der Waals surface area contributed by atoms with E-state index in [-0.39, 0.29) is 5.69 Å². The third kappa shape index (κ3) is 17.4. The summed E-state index contributed by atoms with van der Waals surface area (Å²) in [5.74, 6) is -1.81. The van der Waals surface area contributed by atoms with Crippen LogP contribution in [0.3, 0.4) is 0 Å². The fraction of sp³-hybridized carbons (Fsp3) is 0.423. The van der Waals surface area contributed by atoms with Crippen LogP contribution in [0.2, 0.25) is 0 Å². The summed E-state index contributed by atoms with van der Waals surface area (Å²) in [5, 5.41) is 26.8. The van der Waals surface area contributed by atoms with E-state index in [1.165, 1.54) is 56.4 Å². The number of carbonyl (C=O) groups is 3. The second kappa shape index (κ2) is 20.5. The van der Waals surface area contributed by atoms with Crippen LogP contribution in [0.5, 0.6) is 0 Å². The highest BCUT2D eigenvalue weighted by molar-refractivity contribution is 5.87. The van der Waals surface area contributed by atoms with Gasteiger partial charge in [0.05, 0.1) is 10.5 Å². The van der Waals surface area contributed by atoms with Gasteiger partial charge in [-0.05, 0) is 56.5 Å². The number of carboxylic acids is 2. The number of hydrogen-bond acceptors (Lipinski definition) is 8. The summed E-state index contributed by atoms with van der Waals surface area (Å²) in [4.78, 5) is 40.1. The van der Waals surface area contributed by atoms with Crippen molar-refractivity contribution < 1.29 is 29.5 Å². The first kappa shape index (κ1) is 33.3. The summed E-state index contributed by atoms with van der Waals surface area (Å²) < 4.78 is 0. The number of nitro benzene ring substituents is 1. The minimum Gasteiger partial charge on any atom is -0.480 e. The van der Waals surface area contributed by atoms with E-state index in [1.54, 1.807) is 30.3 Å². The van der Waals surface area contributed by atoms with Gasteiger partial charge in [-0.25, -0.2) is 4.79 Å². The second-order valence-corrected chi connectivity index (χ2v) is 8.26. The van der Waals surface area contributed by atoms with Crippen LogP contribution in [0, 0.1) is 10.1 Å². The minimum atomic E-state index is -0.933. The van der Waals surface area contributed by atoms with Gasteiger partial charge in [0, 0.05) is 23.7 Å². The molecule has 0 spiro atoms. The van der Waals surface area contributed by atoms with Crippen molar-refractivity contribution in [2.24, 2.45) is 17.2 Å². The number of benzene rings is 2. The van der Waals surface area contributed by atoms with Gasteiger partial charge in [0.1, 0.15) is 12.3 Å². The van der Waals surface area contributed by atoms with Gasteiger partial charge in [0.15, 0.2) is 0 Å². The average molecular weight is 519 g/mol. The summed E-state index contributed by atoms with van der Waals surface area (Å²) in [6.45, 7) is 0.604. The van der Waals surface area contributed by atoms with Gasteiger partial charge in [-0.15, -0.1) is 0 Å². The quantitative estimate of drug-likeness (QED) is 0.148. The Hall–Kier alpha value is -3.67. The molecule has 0 aromatic heterocycles. The van der Waals surface area contributed by atoms with Crippen molar-refractivity contribution in [1.82, 2.24) is 0 Å². The minimum absolute atomic E-state index is 0.00407. The molecule has 37 heavy (non-hydrogen) atoms. The van der Waals surface area contributed by atoms with E-state index in [9.17, 15) is 24.5 Å². The molecule has 2 aromatic carbocycles. The maximum absolute atomic E-state index is 10.2. The summed E-state index contributed by atoms with van der Waals surface area (Å²) in [6.07, 6.45) is 9.47. The van der Waals surface area contributed by atoms with Crippen molar-refractivity contribution in [3.8, 4) is 0 Å². The van der Waals surface area contributed by atoms with E-state index in [0.29, 0.717) is 36.4 Å². The molecule has 0 unspecified atom stereocenters. The molecule has 0 bridgehead atoms. The zero-order chi connectivity index (χ0) is 28.1. The Bertz CT molecular complexity index is 918. The molecule has 3 rings (SSSR count). The molecular formula is C26H38N4O7. The number of aliphatic carboxylic acids is 1. The molecule has 0 heterocycles. The van der Waals surface area contributed by atoms with E-state index in [0.717, 1.165) is 12.8 Å². The lowest BCUT2D eigenvalue weighted by Gasteiger charge is -2.15. The number of aldehydes is 1. The van der Waals surface area contributed by atoms with Crippen molar-refractivity contribution in [3.05, 3.63) is 75.8 Å². The van der Waals surface area contributed by atoms with Gasteiger partial charge in [-0.2, -0.15) is 0 Å². The van der Waals surface area contributed by atoms with Crippen molar-refractivity contribution in [2.75, 3.05) is 6.54 Å². The Morgan fingerprint density at radius 3 is 1.92 bits per heavy atom. The molecule has 11 nitrogen and oxygen atoms in total. The van der Waals surface area contributed by atoms with E-state index < -0.39 is 22.9 Å². The highest BCUT2D eigenvalue weighted by Gasteiger charge is 2.09. The Kier molecular flexibility index (Phi) is 18.5. The van der Waals surface area contributed by atoms with E-state index in [1.807, 2.05) is 0 Å². The Labute approximate surface area is 216 Å². The van der Waals surface area contributed by atoms with Gasteiger partial charge < -0.3 is 27.4 Å². The summed E-state index contributed by atoms with van der Waals surface area (Å²) >= 11 is 0. The van der Waals surface area contributed by atoms with Crippen molar-refractivity contribution in [3.63, 3.8) is 0 Å². The third-order valence-corrected chi connectivity index (χ3v) is 5.20. The van der Waals surface area contributed by atoms with E-state index in [4.69, 9.17) is 27.4 Å². The molecule has 0 radical (unpaired) electrons. The zero-order valence-electron chi connectivity index (χ0n) is 20.9. The number of rotatable bonds is 8. The molecule has 11 heteroatoms. The number of aromatic carboxylic acids is 1. The van der Waals surface area contributed by atoms with Crippen LogP contribution in [0.15, 0.2) is 54.6 Å². The highest BCUT2D eigenvalue weighted by Crippen LogP contribution is 2.14. The molecule has 1 saturated carbocycles. The molecule has 8 N–H and O–H groups in total. The summed E-state index contributed by atoms with van der Waals surface area (Å²) in [6, 6.07) is 13.5. The van der Waals surface area contributed by atoms with Crippen LogP contribution in [0.4, 0.5) is 5.69 Å². The number of hydrogen-bond donors (Lipinski definition) is 5. The van der Waals surface area contributed by atoms with Crippen LogP contribution in [0.25, 0.3) is 0 Å². The Morgan fingerprint density at radius 1 is 1.00 bits per heavy atom.